The summed E-state index contributed by atoms with van der Waals surface area (Å²) in [5.74, 6) is 0. The first kappa shape index (κ1) is 10.9. The van der Waals surface area contributed by atoms with Gasteiger partial charge in [-0.2, -0.15) is 5.26 Å². The molecule has 1 saturated heterocycles. The number of nitrogens with zero attached hydrogens (tertiary/aromatic N) is 2. The van der Waals surface area contributed by atoms with E-state index in [9.17, 15) is 0 Å². The molecule has 0 aromatic heterocycles. The Kier molecular flexibility index (Phi) is 3.25. The van der Waals surface area contributed by atoms with Crippen LogP contribution >= 0.6 is 0 Å². The lowest BCUT2D eigenvalue weighted by molar-refractivity contribution is 0.00545. The molecule has 84 valence electrons. The quantitative estimate of drug-likeness (QED) is 0.682. The highest BCUT2D eigenvalue weighted by molar-refractivity contribution is 5.07. The first-order chi connectivity index (χ1) is 7.23. The largest absolute Gasteiger partial charge is 0.379 e. The Morgan fingerprint density at radius 3 is 2.40 bits per heavy atom. The number of morpholine rings is 1. The van der Waals surface area contributed by atoms with Crippen molar-refractivity contribution >= 4 is 0 Å². The van der Waals surface area contributed by atoms with E-state index in [0.29, 0.717) is 6.04 Å². The molecule has 1 saturated carbocycles. The Hall–Kier alpha value is -0.630. The lowest BCUT2D eigenvalue weighted by atomic mass is 9.80. The van der Waals surface area contributed by atoms with E-state index in [2.05, 4.69) is 11.0 Å². The fourth-order valence-electron chi connectivity index (χ4n) is 2.54. The molecule has 1 aliphatic carbocycles. The van der Waals surface area contributed by atoms with Gasteiger partial charge < -0.3 is 10.5 Å². The van der Waals surface area contributed by atoms with Crippen molar-refractivity contribution in [2.45, 2.75) is 37.3 Å². The van der Waals surface area contributed by atoms with Crippen LogP contribution in [0.2, 0.25) is 0 Å². The van der Waals surface area contributed by atoms with Crippen molar-refractivity contribution in [2.24, 2.45) is 5.73 Å². The molecule has 4 heteroatoms. The van der Waals surface area contributed by atoms with Crippen LogP contribution in [0, 0.1) is 11.3 Å². The van der Waals surface area contributed by atoms with Crippen molar-refractivity contribution < 1.29 is 4.74 Å². The third-order valence-electron chi connectivity index (χ3n) is 3.63. The minimum atomic E-state index is -0.553. The van der Waals surface area contributed by atoms with Crippen molar-refractivity contribution in [1.29, 1.82) is 5.26 Å². The molecule has 0 unspecified atom stereocenters. The molecule has 1 aliphatic heterocycles. The van der Waals surface area contributed by atoms with Gasteiger partial charge >= 0.3 is 0 Å². The van der Waals surface area contributed by atoms with Crippen LogP contribution in [-0.2, 0) is 4.74 Å². The SMILES string of the molecule is N#CC1(N)CCC(N2CCOCC2)CC1. The predicted molar refractivity (Wildman–Crippen MR) is 57.2 cm³/mol. The first-order valence-electron chi connectivity index (χ1n) is 5.75. The molecule has 0 spiro atoms. The molecule has 0 aromatic rings. The van der Waals surface area contributed by atoms with Gasteiger partial charge in [0.15, 0.2) is 0 Å². The monoisotopic (exact) mass is 209 g/mol. The topological polar surface area (TPSA) is 62.3 Å². The molecular formula is C11H19N3O. The van der Waals surface area contributed by atoms with E-state index in [4.69, 9.17) is 15.7 Å². The van der Waals surface area contributed by atoms with Crippen molar-refractivity contribution in [3.8, 4) is 6.07 Å². The van der Waals surface area contributed by atoms with Gasteiger partial charge in [0.05, 0.1) is 19.3 Å². The average Bonchev–Trinajstić information content (AvgIpc) is 2.31. The molecule has 2 rings (SSSR count). The van der Waals surface area contributed by atoms with Crippen LogP contribution < -0.4 is 5.73 Å². The second-order valence-electron chi connectivity index (χ2n) is 4.65. The van der Waals surface area contributed by atoms with Crippen molar-refractivity contribution in [1.82, 2.24) is 4.90 Å². The first-order valence-corrected chi connectivity index (χ1v) is 5.75. The summed E-state index contributed by atoms with van der Waals surface area (Å²) in [6.07, 6.45) is 3.80. The molecule has 0 atom stereocenters. The minimum absolute atomic E-state index is 0.553. The summed E-state index contributed by atoms with van der Waals surface area (Å²) in [7, 11) is 0. The molecular weight excluding hydrogens is 190 g/mol. The number of hydrogen-bond donors (Lipinski definition) is 1. The van der Waals surface area contributed by atoms with Gasteiger partial charge in [-0.3, -0.25) is 4.90 Å². The third kappa shape index (κ3) is 2.49. The zero-order valence-corrected chi connectivity index (χ0v) is 9.11. The normalized spacial score (nSPS) is 38.5. The highest BCUT2D eigenvalue weighted by Gasteiger charge is 2.34. The van der Waals surface area contributed by atoms with Gasteiger partial charge in [-0.15, -0.1) is 0 Å². The van der Waals surface area contributed by atoms with Crippen molar-refractivity contribution in [3.63, 3.8) is 0 Å². The maximum atomic E-state index is 8.94. The van der Waals surface area contributed by atoms with E-state index in [-0.39, 0.29) is 0 Å². The number of rotatable bonds is 1. The van der Waals surface area contributed by atoms with Gasteiger partial charge in [0.25, 0.3) is 0 Å². The molecule has 0 bridgehead atoms. The van der Waals surface area contributed by atoms with Gasteiger partial charge in [-0.1, -0.05) is 0 Å². The predicted octanol–water partition coefficient (Wildman–Crippen LogP) is 0.482. The lowest BCUT2D eigenvalue weighted by Crippen LogP contribution is -2.50. The number of nitriles is 1. The molecule has 15 heavy (non-hydrogen) atoms. The Labute approximate surface area is 91.0 Å². The highest BCUT2D eigenvalue weighted by Crippen LogP contribution is 2.29. The minimum Gasteiger partial charge on any atom is -0.379 e. The average molecular weight is 209 g/mol. The molecule has 2 fully saturated rings. The Morgan fingerprint density at radius 2 is 1.87 bits per heavy atom. The summed E-state index contributed by atoms with van der Waals surface area (Å²) in [6.45, 7) is 3.77. The van der Waals surface area contributed by atoms with E-state index < -0.39 is 5.54 Å². The molecule has 0 aromatic carbocycles. The standard InChI is InChI=1S/C11H19N3O/c12-9-11(13)3-1-10(2-4-11)14-5-7-15-8-6-14/h10H,1-8,13H2. The van der Waals surface area contributed by atoms with Crippen LogP contribution in [0.5, 0.6) is 0 Å². The fourth-order valence-corrected chi connectivity index (χ4v) is 2.54. The van der Waals surface area contributed by atoms with Crippen LogP contribution in [0.25, 0.3) is 0 Å². The zero-order chi connectivity index (χ0) is 10.7. The Bertz CT molecular complexity index is 247. The number of nitrogens with two attached hydrogens (primary N) is 1. The maximum Gasteiger partial charge on any atom is 0.104 e. The maximum absolute atomic E-state index is 8.94. The molecule has 1 heterocycles. The van der Waals surface area contributed by atoms with Gasteiger partial charge in [0.2, 0.25) is 0 Å². The second-order valence-corrected chi connectivity index (χ2v) is 4.65. The Morgan fingerprint density at radius 1 is 1.27 bits per heavy atom. The van der Waals surface area contributed by atoms with Crippen LogP contribution in [0.1, 0.15) is 25.7 Å². The van der Waals surface area contributed by atoms with Crippen LogP contribution in [0.15, 0.2) is 0 Å². The van der Waals surface area contributed by atoms with Gasteiger partial charge in [0, 0.05) is 19.1 Å². The smallest absolute Gasteiger partial charge is 0.104 e. The van der Waals surface area contributed by atoms with E-state index in [1.807, 2.05) is 0 Å². The summed E-state index contributed by atoms with van der Waals surface area (Å²) in [5.41, 5.74) is 5.39. The van der Waals surface area contributed by atoms with Gasteiger partial charge in [-0.05, 0) is 25.7 Å². The van der Waals surface area contributed by atoms with Crippen molar-refractivity contribution in [2.75, 3.05) is 26.3 Å². The van der Waals surface area contributed by atoms with Gasteiger partial charge in [0.1, 0.15) is 5.54 Å². The summed E-state index contributed by atoms with van der Waals surface area (Å²) >= 11 is 0. The summed E-state index contributed by atoms with van der Waals surface area (Å²) in [6, 6.07) is 2.86. The van der Waals surface area contributed by atoms with Crippen LogP contribution in [0.4, 0.5) is 0 Å². The number of ether oxygens (including phenoxy) is 1. The van der Waals surface area contributed by atoms with Crippen LogP contribution in [0.3, 0.4) is 0 Å². The summed E-state index contributed by atoms with van der Waals surface area (Å²) < 4.78 is 5.33. The number of hydrogen-bond acceptors (Lipinski definition) is 4. The van der Waals surface area contributed by atoms with E-state index in [1.165, 1.54) is 0 Å². The Balaban J connectivity index is 1.85. The van der Waals surface area contributed by atoms with E-state index in [1.54, 1.807) is 0 Å². The van der Waals surface area contributed by atoms with Crippen molar-refractivity contribution in [3.05, 3.63) is 0 Å². The van der Waals surface area contributed by atoms with Crippen LogP contribution in [-0.4, -0.2) is 42.8 Å². The second kappa shape index (κ2) is 4.48. The molecule has 2 N–H and O–H groups in total. The van der Waals surface area contributed by atoms with Gasteiger partial charge in [-0.25, -0.2) is 0 Å². The molecule has 4 nitrogen and oxygen atoms in total. The molecule has 0 amide bonds. The lowest BCUT2D eigenvalue weighted by Gasteiger charge is -2.40. The third-order valence-corrected chi connectivity index (χ3v) is 3.63. The van der Waals surface area contributed by atoms with E-state index in [0.717, 1.165) is 52.0 Å². The highest BCUT2D eigenvalue weighted by atomic mass is 16.5. The summed E-state index contributed by atoms with van der Waals surface area (Å²) in [4.78, 5) is 2.49. The van der Waals surface area contributed by atoms with E-state index >= 15 is 0 Å². The molecule has 0 radical (unpaired) electrons. The summed E-state index contributed by atoms with van der Waals surface area (Å²) in [5, 5.41) is 8.94. The molecule has 2 aliphatic rings. The zero-order valence-electron chi connectivity index (χ0n) is 9.11. The fraction of sp³-hybridized carbons (Fsp3) is 0.909.